The van der Waals surface area contributed by atoms with E-state index in [1.807, 2.05) is 0 Å². The summed E-state index contributed by atoms with van der Waals surface area (Å²) in [6.45, 7) is 0. The Kier molecular flexibility index (Phi) is 4.32. The molecule has 0 unspecified atom stereocenters. The summed E-state index contributed by atoms with van der Waals surface area (Å²) in [6.07, 6.45) is 0. The van der Waals surface area contributed by atoms with E-state index in [1.54, 1.807) is 0 Å². The van der Waals surface area contributed by atoms with Gasteiger partial charge < -0.3 is 5.32 Å². The third-order valence-electron chi connectivity index (χ3n) is 2.67. The van der Waals surface area contributed by atoms with Crippen LogP contribution in [-0.4, -0.2) is 10.8 Å². The number of benzene rings is 2. The zero-order valence-corrected chi connectivity index (χ0v) is 11.3. The van der Waals surface area contributed by atoms with Gasteiger partial charge in [-0.25, -0.2) is 8.78 Å². The van der Waals surface area contributed by atoms with Crippen LogP contribution in [0, 0.1) is 27.6 Å². The molecule has 2 rings (SSSR count). The third-order valence-corrected chi connectivity index (χ3v) is 2.92. The molecule has 0 fully saturated rings. The van der Waals surface area contributed by atoms with Crippen molar-refractivity contribution in [3.8, 4) is 0 Å². The number of hydrogen-bond acceptors (Lipinski definition) is 3. The molecule has 9 heteroatoms. The van der Waals surface area contributed by atoms with E-state index in [1.165, 1.54) is 24.3 Å². The number of carbonyl (C=O) groups is 1. The molecule has 0 aromatic heterocycles. The van der Waals surface area contributed by atoms with Gasteiger partial charge in [0.2, 0.25) is 11.6 Å². The third kappa shape index (κ3) is 3.01. The standard InChI is InChI=1S/C13H6ClF3N2O3/c14-6-1-3-7(4-2-6)18-13(20)8-5-9(19(21)22)11(16)12(17)10(8)15/h1-5H,(H,18,20). The molecule has 114 valence electrons. The van der Waals surface area contributed by atoms with Crippen LogP contribution >= 0.6 is 11.6 Å². The van der Waals surface area contributed by atoms with Crippen LogP contribution in [0.5, 0.6) is 0 Å². The Bertz CT molecular complexity index is 766. The molecule has 22 heavy (non-hydrogen) atoms. The molecule has 2 aromatic rings. The quantitative estimate of drug-likeness (QED) is 0.526. The van der Waals surface area contributed by atoms with Gasteiger partial charge in [-0.3, -0.25) is 14.9 Å². The van der Waals surface area contributed by atoms with Crippen LogP contribution < -0.4 is 5.32 Å². The lowest BCUT2D eigenvalue weighted by molar-refractivity contribution is -0.387. The minimum Gasteiger partial charge on any atom is -0.322 e. The van der Waals surface area contributed by atoms with Gasteiger partial charge in [0, 0.05) is 16.8 Å². The van der Waals surface area contributed by atoms with Crippen LogP contribution in [0.25, 0.3) is 0 Å². The zero-order valence-electron chi connectivity index (χ0n) is 10.6. The van der Waals surface area contributed by atoms with Crippen molar-refractivity contribution in [2.24, 2.45) is 0 Å². The molecule has 1 amide bonds. The number of hydrogen-bond donors (Lipinski definition) is 1. The van der Waals surface area contributed by atoms with Gasteiger partial charge in [0.25, 0.3) is 5.91 Å². The van der Waals surface area contributed by atoms with E-state index in [9.17, 15) is 28.1 Å². The molecule has 1 N–H and O–H groups in total. The van der Waals surface area contributed by atoms with E-state index in [0.29, 0.717) is 11.1 Å². The van der Waals surface area contributed by atoms with E-state index < -0.39 is 39.5 Å². The average molecular weight is 331 g/mol. The first-order chi connectivity index (χ1) is 10.3. The van der Waals surface area contributed by atoms with Crippen molar-refractivity contribution in [3.63, 3.8) is 0 Å². The summed E-state index contributed by atoms with van der Waals surface area (Å²) in [7, 11) is 0. The van der Waals surface area contributed by atoms with Gasteiger partial charge in [-0.1, -0.05) is 11.6 Å². The fourth-order valence-corrected chi connectivity index (χ4v) is 1.75. The molecule has 0 aliphatic rings. The predicted octanol–water partition coefficient (Wildman–Crippen LogP) is 3.92. The molecule has 0 bridgehead atoms. The maximum absolute atomic E-state index is 13.6. The fourth-order valence-electron chi connectivity index (χ4n) is 1.62. The highest BCUT2D eigenvalue weighted by Crippen LogP contribution is 2.26. The van der Waals surface area contributed by atoms with Crippen molar-refractivity contribution in [2.75, 3.05) is 5.32 Å². The molecule has 0 heterocycles. The minimum atomic E-state index is -2.09. The summed E-state index contributed by atoms with van der Waals surface area (Å²) >= 11 is 5.65. The Balaban J connectivity index is 2.41. The SMILES string of the molecule is O=C(Nc1ccc(Cl)cc1)c1cc([N+](=O)[O-])c(F)c(F)c1F. The van der Waals surface area contributed by atoms with Crippen LogP contribution in [0.1, 0.15) is 10.4 Å². The van der Waals surface area contributed by atoms with Crippen LogP contribution in [0.15, 0.2) is 30.3 Å². The number of halogens is 4. The van der Waals surface area contributed by atoms with Crippen molar-refractivity contribution >= 4 is 28.9 Å². The molecule has 0 aliphatic carbocycles. The highest BCUT2D eigenvalue weighted by molar-refractivity contribution is 6.30. The number of nitro groups is 1. The molecule has 0 saturated heterocycles. The number of nitrogens with one attached hydrogen (secondary N) is 1. The van der Waals surface area contributed by atoms with Gasteiger partial charge in [0.15, 0.2) is 5.82 Å². The molecule has 0 atom stereocenters. The van der Waals surface area contributed by atoms with Gasteiger partial charge in [-0.05, 0) is 24.3 Å². The highest BCUT2D eigenvalue weighted by Gasteiger charge is 2.28. The molecule has 5 nitrogen and oxygen atoms in total. The number of rotatable bonds is 3. The second kappa shape index (κ2) is 6.02. The van der Waals surface area contributed by atoms with Crippen LogP contribution in [0.3, 0.4) is 0 Å². The monoisotopic (exact) mass is 330 g/mol. The summed E-state index contributed by atoms with van der Waals surface area (Å²) < 4.78 is 40.1. The Morgan fingerprint density at radius 3 is 2.23 bits per heavy atom. The van der Waals surface area contributed by atoms with Gasteiger partial charge in [-0.2, -0.15) is 4.39 Å². The molecule has 0 aliphatic heterocycles. The van der Waals surface area contributed by atoms with E-state index in [0.717, 1.165) is 0 Å². The predicted molar refractivity (Wildman–Crippen MR) is 72.4 cm³/mol. The maximum Gasteiger partial charge on any atom is 0.308 e. The largest absolute Gasteiger partial charge is 0.322 e. The number of amides is 1. The summed E-state index contributed by atoms with van der Waals surface area (Å²) in [5.41, 5.74) is -2.12. The molecule has 0 radical (unpaired) electrons. The number of anilines is 1. The first-order valence-electron chi connectivity index (χ1n) is 5.70. The molecule has 0 saturated carbocycles. The number of nitro benzene ring substituents is 1. The van der Waals surface area contributed by atoms with Crippen molar-refractivity contribution in [1.82, 2.24) is 0 Å². The zero-order chi connectivity index (χ0) is 16.4. The van der Waals surface area contributed by atoms with Gasteiger partial charge >= 0.3 is 5.69 Å². The van der Waals surface area contributed by atoms with Crippen molar-refractivity contribution < 1.29 is 22.9 Å². The Morgan fingerprint density at radius 1 is 1.09 bits per heavy atom. The molecular weight excluding hydrogens is 325 g/mol. The Morgan fingerprint density at radius 2 is 1.68 bits per heavy atom. The number of carbonyl (C=O) groups excluding carboxylic acids is 1. The smallest absolute Gasteiger partial charge is 0.308 e. The normalized spacial score (nSPS) is 10.4. The first-order valence-corrected chi connectivity index (χ1v) is 6.08. The minimum absolute atomic E-state index is 0.196. The second-order valence-corrected chi connectivity index (χ2v) is 4.54. The van der Waals surface area contributed by atoms with E-state index >= 15 is 0 Å². The summed E-state index contributed by atoms with van der Waals surface area (Å²) in [6, 6.07) is 5.96. The van der Waals surface area contributed by atoms with Crippen molar-refractivity contribution in [1.29, 1.82) is 0 Å². The van der Waals surface area contributed by atoms with E-state index in [2.05, 4.69) is 5.32 Å². The topological polar surface area (TPSA) is 72.2 Å². The van der Waals surface area contributed by atoms with Crippen LogP contribution in [-0.2, 0) is 0 Å². The lowest BCUT2D eigenvalue weighted by Gasteiger charge is -2.07. The average Bonchev–Trinajstić information content (AvgIpc) is 2.47. The summed E-state index contributed by atoms with van der Waals surface area (Å²) in [4.78, 5) is 21.2. The lowest BCUT2D eigenvalue weighted by Crippen LogP contribution is -2.16. The Hall–Kier alpha value is -2.61. The molecular formula is C13H6ClF3N2O3. The number of nitrogens with zero attached hydrogens (tertiary/aromatic N) is 1. The first kappa shape index (κ1) is 15.8. The molecule has 0 spiro atoms. The maximum atomic E-state index is 13.6. The second-order valence-electron chi connectivity index (χ2n) is 4.10. The van der Waals surface area contributed by atoms with Crippen molar-refractivity contribution in [2.45, 2.75) is 0 Å². The van der Waals surface area contributed by atoms with Crippen molar-refractivity contribution in [3.05, 3.63) is 68.5 Å². The summed E-state index contributed by atoms with van der Waals surface area (Å²) in [5.74, 6) is -7.03. The van der Waals surface area contributed by atoms with Gasteiger partial charge in [0.1, 0.15) is 0 Å². The van der Waals surface area contributed by atoms with Crippen LogP contribution in [0.4, 0.5) is 24.5 Å². The summed E-state index contributed by atoms with van der Waals surface area (Å²) in [5, 5.41) is 13.2. The Labute approximate surface area is 126 Å². The fraction of sp³-hybridized carbons (Fsp3) is 0. The highest BCUT2D eigenvalue weighted by atomic mass is 35.5. The van der Waals surface area contributed by atoms with Gasteiger partial charge in [-0.15, -0.1) is 0 Å². The molecule has 2 aromatic carbocycles. The van der Waals surface area contributed by atoms with Crippen LogP contribution in [0.2, 0.25) is 5.02 Å². The van der Waals surface area contributed by atoms with E-state index in [-0.39, 0.29) is 5.69 Å². The van der Waals surface area contributed by atoms with Gasteiger partial charge in [0.05, 0.1) is 10.5 Å². The van der Waals surface area contributed by atoms with E-state index in [4.69, 9.17) is 11.6 Å². The lowest BCUT2D eigenvalue weighted by atomic mass is 10.1.